The molecule has 0 aromatic carbocycles. The summed E-state index contributed by atoms with van der Waals surface area (Å²) >= 11 is 0. The van der Waals surface area contributed by atoms with Crippen molar-refractivity contribution in [1.82, 2.24) is 9.88 Å². The Bertz CT molecular complexity index is 380. The molecular formula is C13H19N3O. The van der Waals surface area contributed by atoms with Crippen LogP contribution in [0, 0.1) is 0 Å². The molecule has 17 heavy (non-hydrogen) atoms. The maximum Gasteiger partial charge on any atom is 0.224 e. The van der Waals surface area contributed by atoms with E-state index in [9.17, 15) is 4.79 Å². The third kappa shape index (κ3) is 2.47. The summed E-state index contributed by atoms with van der Waals surface area (Å²) in [5.41, 5.74) is 7.12. The van der Waals surface area contributed by atoms with Crippen LogP contribution in [0.1, 0.15) is 37.8 Å². The quantitative estimate of drug-likeness (QED) is 0.857. The minimum absolute atomic E-state index is 0.00255. The van der Waals surface area contributed by atoms with E-state index >= 15 is 0 Å². The highest BCUT2D eigenvalue weighted by Crippen LogP contribution is 2.31. The standard InChI is InChI=1S/C13H19N3O/c1-2-3-7-16-12(17)8-11(14)13(16)10-5-4-6-15-9-10/h4-6,9,11,13H,2-3,7-8,14H2,1H3. The first-order chi connectivity index (χ1) is 8.24. The van der Waals surface area contributed by atoms with Crippen molar-refractivity contribution in [3.63, 3.8) is 0 Å². The maximum atomic E-state index is 11.9. The number of nitrogens with two attached hydrogens (primary N) is 1. The summed E-state index contributed by atoms with van der Waals surface area (Å²) in [5, 5.41) is 0. The lowest BCUT2D eigenvalue weighted by molar-refractivity contribution is -0.129. The molecule has 0 aliphatic carbocycles. The van der Waals surface area contributed by atoms with E-state index in [4.69, 9.17) is 5.73 Å². The van der Waals surface area contributed by atoms with Gasteiger partial charge in [-0.25, -0.2) is 0 Å². The van der Waals surface area contributed by atoms with Crippen molar-refractivity contribution in [3.8, 4) is 0 Å². The van der Waals surface area contributed by atoms with Crippen LogP contribution < -0.4 is 5.73 Å². The fourth-order valence-electron chi connectivity index (χ4n) is 2.39. The number of likely N-dealkylation sites (tertiary alicyclic amines) is 1. The third-order valence-corrected chi connectivity index (χ3v) is 3.25. The van der Waals surface area contributed by atoms with Gasteiger partial charge in [-0.2, -0.15) is 0 Å². The maximum absolute atomic E-state index is 11.9. The van der Waals surface area contributed by atoms with Gasteiger partial charge in [0.1, 0.15) is 0 Å². The molecule has 0 saturated carbocycles. The highest BCUT2D eigenvalue weighted by molar-refractivity contribution is 5.80. The summed E-state index contributed by atoms with van der Waals surface area (Å²) in [5.74, 6) is 0.166. The first kappa shape index (κ1) is 12.0. The average molecular weight is 233 g/mol. The molecule has 2 rings (SSSR count). The van der Waals surface area contributed by atoms with Crippen LogP contribution in [0.2, 0.25) is 0 Å². The summed E-state index contributed by atoms with van der Waals surface area (Å²) in [7, 11) is 0. The molecule has 1 aromatic rings. The molecular weight excluding hydrogens is 214 g/mol. The van der Waals surface area contributed by atoms with Crippen molar-refractivity contribution in [2.75, 3.05) is 6.54 Å². The Hall–Kier alpha value is -1.42. The molecule has 2 unspecified atom stereocenters. The van der Waals surface area contributed by atoms with Gasteiger partial charge in [0.05, 0.1) is 6.04 Å². The van der Waals surface area contributed by atoms with Crippen LogP contribution >= 0.6 is 0 Å². The first-order valence-electron chi connectivity index (χ1n) is 6.19. The molecule has 2 N–H and O–H groups in total. The number of hydrogen-bond acceptors (Lipinski definition) is 3. The van der Waals surface area contributed by atoms with Crippen molar-refractivity contribution in [2.45, 2.75) is 38.3 Å². The number of carbonyl (C=O) groups is 1. The van der Waals surface area contributed by atoms with E-state index < -0.39 is 0 Å². The molecule has 0 bridgehead atoms. The topological polar surface area (TPSA) is 59.2 Å². The summed E-state index contributed by atoms with van der Waals surface area (Å²) in [6, 6.07) is 3.78. The van der Waals surface area contributed by atoms with Crippen molar-refractivity contribution >= 4 is 5.91 Å². The van der Waals surface area contributed by atoms with E-state index in [0.29, 0.717) is 6.42 Å². The van der Waals surface area contributed by atoms with E-state index in [-0.39, 0.29) is 18.0 Å². The van der Waals surface area contributed by atoms with Gasteiger partial charge in [-0.3, -0.25) is 9.78 Å². The molecule has 1 aliphatic heterocycles. The summed E-state index contributed by atoms with van der Waals surface area (Å²) in [6.45, 7) is 2.92. The van der Waals surface area contributed by atoms with E-state index in [2.05, 4.69) is 11.9 Å². The van der Waals surface area contributed by atoms with Crippen LogP contribution in [0.3, 0.4) is 0 Å². The van der Waals surface area contributed by atoms with Crippen LogP contribution in [0.15, 0.2) is 24.5 Å². The molecule has 4 heteroatoms. The normalized spacial score (nSPS) is 24.4. The Kier molecular flexibility index (Phi) is 3.74. The molecule has 2 heterocycles. The lowest BCUT2D eigenvalue weighted by atomic mass is 10.0. The molecule has 0 spiro atoms. The second kappa shape index (κ2) is 5.27. The summed E-state index contributed by atoms with van der Waals surface area (Å²) in [4.78, 5) is 17.9. The van der Waals surface area contributed by atoms with Crippen molar-refractivity contribution in [1.29, 1.82) is 0 Å². The first-order valence-corrected chi connectivity index (χ1v) is 6.19. The number of carbonyl (C=O) groups excluding carboxylic acids is 1. The SMILES string of the molecule is CCCCN1C(=O)CC(N)C1c1cccnc1. The van der Waals surface area contributed by atoms with Crippen LogP contribution in [0.25, 0.3) is 0 Å². The van der Waals surface area contributed by atoms with Crippen LogP contribution in [0.4, 0.5) is 0 Å². The molecule has 0 radical (unpaired) electrons. The molecule has 1 aromatic heterocycles. The van der Waals surface area contributed by atoms with E-state index in [0.717, 1.165) is 24.9 Å². The summed E-state index contributed by atoms with van der Waals surface area (Å²) < 4.78 is 0. The Labute approximate surface area is 102 Å². The second-order valence-electron chi connectivity index (χ2n) is 4.54. The summed E-state index contributed by atoms with van der Waals surface area (Å²) in [6.07, 6.45) is 6.10. The van der Waals surface area contributed by atoms with Gasteiger partial charge in [-0.1, -0.05) is 19.4 Å². The van der Waals surface area contributed by atoms with Gasteiger partial charge in [0, 0.05) is 31.4 Å². The monoisotopic (exact) mass is 233 g/mol. The largest absolute Gasteiger partial charge is 0.334 e. The zero-order valence-corrected chi connectivity index (χ0v) is 10.2. The molecule has 92 valence electrons. The minimum Gasteiger partial charge on any atom is -0.334 e. The van der Waals surface area contributed by atoms with Crippen LogP contribution in [-0.2, 0) is 4.79 Å². The molecule has 1 fully saturated rings. The minimum atomic E-state index is -0.108. The second-order valence-corrected chi connectivity index (χ2v) is 4.54. The smallest absolute Gasteiger partial charge is 0.224 e. The Balaban J connectivity index is 2.20. The highest BCUT2D eigenvalue weighted by Gasteiger charge is 2.38. The number of nitrogens with zero attached hydrogens (tertiary/aromatic N) is 2. The lowest BCUT2D eigenvalue weighted by Gasteiger charge is -2.26. The van der Waals surface area contributed by atoms with Gasteiger partial charge in [-0.15, -0.1) is 0 Å². The van der Waals surface area contributed by atoms with E-state index in [1.807, 2.05) is 23.2 Å². The van der Waals surface area contributed by atoms with Crippen LogP contribution in [0.5, 0.6) is 0 Å². The van der Waals surface area contributed by atoms with Gasteiger partial charge in [-0.05, 0) is 18.1 Å². The number of pyridine rings is 1. The molecule has 4 nitrogen and oxygen atoms in total. The lowest BCUT2D eigenvalue weighted by Crippen LogP contribution is -2.33. The molecule has 1 amide bonds. The zero-order valence-electron chi connectivity index (χ0n) is 10.2. The van der Waals surface area contributed by atoms with Crippen LogP contribution in [-0.4, -0.2) is 28.4 Å². The zero-order chi connectivity index (χ0) is 12.3. The number of amides is 1. The molecule has 1 saturated heterocycles. The fraction of sp³-hybridized carbons (Fsp3) is 0.538. The predicted molar refractivity (Wildman–Crippen MR) is 66.2 cm³/mol. The molecule has 2 atom stereocenters. The van der Waals surface area contributed by atoms with Crippen molar-refractivity contribution < 1.29 is 4.79 Å². The highest BCUT2D eigenvalue weighted by atomic mass is 16.2. The Morgan fingerprint density at radius 1 is 1.59 bits per heavy atom. The van der Waals surface area contributed by atoms with Gasteiger partial charge in [0.25, 0.3) is 0 Å². The average Bonchev–Trinajstić information content (AvgIpc) is 2.62. The van der Waals surface area contributed by atoms with Gasteiger partial charge < -0.3 is 10.6 Å². The number of unbranched alkanes of at least 4 members (excludes halogenated alkanes) is 1. The number of rotatable bonds is 4. The Morgan fingerprint density at radius 3 is 3.06 bits per heavy atom. The number of aromatic nitrogens is 1. The van der Waals surface area contributed by atoms with E-state index in [1.165, 1.54) is 0 Å². The fourth-order valence-corrected chi connectivity index (χ4v) is 2.39. The number of hydrogen-bond donors (Lipinski definition) is 1. The van der Waals surface area contributed by atoms with Gasteiger partial charge in [0.15, 0.2) is 0 Å². The van der Waals surface area contributed by atoms with Crippen molar-refractivity contribution in [2.24, 2.45) is 5.73 Å². The third-order valence-electron chi connectivity index (χ3n) is 3.25. The van der Waals surface area contributed by atoms with Gasteiger partial charge in [0.2, 0.25) is 5.91 Å². The predicted octanol–water partition coefficient (Wildman–Crippen LogP) is 1.48. The Morgan fingerprint density at radius 2 is 2.41 bits per heavy atom. The molecule has 1 aliphatic rings. The van der Waals surface area contributed by atoms with Gasteiger partial charge >= 0.3 is 0 Å². The van der Waals surface area contributed by atoms with Crippen molar-refractivity contribution in [3.05, 3.63) is 30.1 Å². The van der Waals surface area contributed by atoms with E-state index in [1.54, 1.807) is 6.20 Å².